The Bertz CT molecular complexity index is 432. The van der Waals surface area contributed by atoms with E-state index in [1.54, 1.807) is 20.8 Å². The number of carbonyl (C=O) groups is 5. The van der Waals surface area contributed by atoms with Crippen LogP contribution in [0.15, 0.2) is 0 Å². The van der Waals surface area contributed by atoms with Crippen LogP contribution in [-0.4, -0.2) is 50.4 Å². The SMILES string of the molecule is CCC(=O)NCNC(C)=O.[3H]C(=O)NCNC(=O)CC.[3H]CNC(=O)CC. The number of amides is 5. The van der Waals surface area contributed by atoms with Crippen molar-refractivity contribution in [1.29, 1.82) is 0 Å². The van der Waals surface area contributed by atoms with Crippen molar-refractivity contribution in [2.45, 2.75) is 47.0 Å². The molecule has 0 saturated carbocycles. The van der Waals surface area contributed by atoms with Crippen LogP contribution in [0.4, 0.5) is 0 Å². The summed E-state index contributed by atoms with van der Waals surface area (Å²) >= 11 is 0. The van der Waals surface area contributed by atoms with Crippen molar-refractivity contribution in [2.75, 3.05) is 20.4 Å². The Labute approximate surface area is 151 Å². The number of hydrogen-bond acceptors (Lipinski definition) is 5. The minimum absolute atomic E-state index is 0.00727. The summed E-state index contributed by atoms with van der Waals surface area (Å²) in [6.07, 6.45) is 0.406. The second kappa shape index (κ2) is 21.4. The Balaban J connectivity index is -0.000000326. The molecule has 0 unspecified atom stereocenters. The van der Waals surface area contributed by atoms with Gasteiger partial charge in [-0.25, -0.2) is 0 Å². The van der Waals surface area contributed by atoms with Crippen molar-refractivity contribution < 1.29 is 26.7 Å². The third-order valence-corrected chi connectivity index (χ3v) is 2.23. The van der Waals surface area contributed by atoms with Crippen LogP contribution in [0.2, 0.25) is 0 Å². The summed E-state index contributed by atoms with van der Waals surface area (Å²) in [6.45, 7) is 6.88. The van der Waals surface area contributed by atoms with Gasteiger partial charge in [0.05, 0.1) is 13.3 Å². The van der Waals surface area contributed by atoms with Crippen LogP contribution in [0.3, 0.4) is 0 Å². The fourth-order valence-corrected chi connectivity index (χ4v) is 0.821. The Morgan fingerprint density at radius 1 is 0.880 bits per heavy atom. The van der Waals surface area contributed by atoms with Gasteiger partial charge in [-0.1, -0.05) is 20.8 Å². The molecule has 10 nitrogen and oxygen atoms in total. The van der Waals surface area contributed by atoms with Crippen LogP contribution < -0.4 is 26.6 Å². The molecule has 0 heterocycles. The molecule has 25 heavy (non-hydrogen) atoms. The summed E-state index contributed by atoms with van der Waals surface area (Å²) in [5.74, 6) is -0.408. The zero-order valence-electron chi connectivity index (χ0n) is 17.3. The van der Waals surface area contributed by atoms with Gasteiger partial charge >= 0.3 is 0 Å². The molecule has 146 valence electrons. The van der Waals surface area contributed by atoms with Gasteiger partial charge in [0.1, 0.15) is 1.37 Å². The molecule has 0 fully saturated rings. The lowest BCUT2D eigenvalue weighted by Crippen LogP contribution is -2.35. The van der Waals surface area contributed by atoms with Gasteiger partial charge in [0, 0.05) is 34.6 Å². The minimum Gasteiger partial charge on any atom is -0.359 e. The van der Waals surface area contributed by atoms with Gasteiger partial charge in [-0.2, -0.15) is 0 Å². The van der Waals surface area contributed by atoms with Crippen LogP contribution in [0, 0.1) is 0 Å². The van der Waals surface area contributed by atoms with E-state index in [0.717, 1.165) is 0 Å². The smallest absolute Gasteiger partial charge is 0.221 e. The first-order chi connectivity index (χ1) is 12.6. The van der Waals surface area contributed by atoms with E-state index in [4.69, 9.17) is 2.74 Å². The molecule has 0 bridgehead atoms. The number of nitrogens with one attached hydrogen (secondary N) is 5. The van der Waals surface area contributed by atoms with Crippen molar-refractivity contribution in [2.24, 2.45) is 0 Å². The van der Waals surface area contributed by atoms with Gasteiger partial charge < -0.3 is 26.6 Å². The molecule has 0 aromatic carbocycles. The molecule has 0 aliphatic heterocycles. The molecule has 5 amide bonds. The fraction of sp³-hybridized carbons (Fsp3) is 0.667. The highest BCUT2D eigenvalue weighted by molar-refractivity contribution is 5.77. The Morgan fingerprint density at radius 3 is 1.68 bits per heavy atom. The molecule has 5 N–H and O–H groups in total. The molecule has 0 aliphatic rings. The first-order valence-electron chi connectivity index (χ1n) is 8.93. The maximum absolute atomic E-state index is 10.5. The lowest BCUT2D eigenvalue weighted by Gasteiger charge is -2.02. The van der Waals surface area contributed by atoms with Crippen molar-refractivity contribution in [3.63, 3.8) is 0 Å². The average Bonchev–Trinajstić information content (AvgIpc) is 2.61. The van der Waals surface area contributed by atoms with E-state index in [-0.39, 0.29) is 44.0 Å². The highest BCUT2D eigenvalue weighted by Crippen LogP contribution is 1.71. The summed E-state index contributed by atoms with van der Waals surface area (Å²) in [6, 6.07) is 0. The van der Waals surface area contributed by atoms with E-state index in [0.29, 0.717) is 19.3 Å². The van der Waals surface area contributed by atoms with Gasteiger partial charge in [-0.05, 0) is 0 Å². The molecule has 0 atom stereocenters. The van der Waals surface area contributed by atoms with Gasteiger partial charge in [-0.15, -0.1) is 0 Å². The lowest BCUT2D eigenvalue weighted by atomic mass is 10.5. The highest BCUT2D eigenvalue weighted by Gasteiger charge is 1.94. The van der Waals surface area contributed by atoms with E-state index >= 15 is 0 Å². The standard InChI is InChI=1S/C6H12N2O2.C5H10N2O2.C4H9NO/c1-3-6(10)8-4-7-5(2)9;1-2-5(9)7-3-6-4-8;1-3-4(6)5-2/h3-4H2,1-2H3,(H,7,9)(H,8,10);4H,2-3H2,1H3,(H,6,8)(H,7,9);3H2,1-2H3,(H,5,6)/i;4T;2T. The normalized spacial score (nSPS) is 9.28. The third kappa shape index (κ3) is 29.9. The maximum atomic E-state index is 10.5. The predicted octanol–water partition coefficient (Wildman–Crippen LogP) is -1.04. The largest absolute Gasteiger partial charge is 0.359 e. The highest BCUT2D eigenvalue weighted by atomic mass is 16.2. The second-order valence-electron chi connectivity index (χ2n) is 4.23. The molecule has 0 radical (unpaired) electrons. The summed E-state index contributed by atoms with van der Waals surface area (Å²) in [5, 5.41) is 11.7. The zero-order valence-corrected chi connectivity index (χ0v) is 15.3. The predicted molar refractivity (Wildman–Crippen MR) is 94.0 cm³/mol. The Kier molecular flexibility index (Phi) is 19.1. The van der Waals surface area contributed by atoms with E-state index in [1.807, 2.05) is 0 Å². The van der Waals surface area contributed by atoms with Gasteiger partial charge in [0.15, 0.2) is 0 Å². The van der Waals surface area contributed by atoms with Crippen LogP contribution in [-0.2, 0) is 24.0 Å². The van der Waals surface area contributed by atoms with Crippen LogP contribution in [0.25, 0.3) is 0 Å². The summed E-state index contributed by atoms with van der Waals surface area (Å²) in [4.78, 5) is 51.4. The van der Waals surface area contributed by atoms with Gasteiger partial charge in [0.2, 0.25) is 30.0 Å². The molecule has 0 aliphatic carbocycles. The van der Waals surface area contributed by atoms with E-state index < -0.39 is 6.39 Å². The fourth-order valence-electron chi connectivity index (χ4n) is 0.821. The van der Waals surface area contributed by atoms with Gasteiger partial charge in [-0.3, -0.25) is 24.0 Å². The van der Waals surface area contributed by atoms with Crippen molar-refractivity contribution in [1.82, 2.24) is 26.6 Å². The average molecular weight is 365 g/mol. The number of rotatable bonds is 7. The first-order valence-corrected chi connectivity index (χ1v) is 7.72. The summed E-state index contributed by atoms with van der Waals surface area (Å²) in [7, 11) is -0.00727. The van der Waals surface area contributed by atoms with Crippen LogP contribution in [0.5, 0.6) is 0 Å². The second-order valence-corrected chi connectivity index (χ2v) is 4.23. The van der Waals surface area contributed by atoms with E-state index in [9.17, 15) is 24.0 Å². The third-order valence-electron chi connectivity index (χ3n) is 2.23. The molecule has 0 spiro atoms. The molecule has 10 heteroatoms. The minimum atomic E-state index is -0.892. The van der Waals surface area contributed by atoms with Gasteiger partial charge in [0.25, 0.3) is 0 Å². The van der Waals surface area contributed by atoms with Crippen LogP contribution >= 0.6 is 0 Å². The zero-order chi connectivity index (χ0) is 21.7. The summed E-state index contributed by atoms with van der Waals surface area (Å²) < 4.78 is 12.9. The molecule has 0 saturated heterocycles. The lowest BCUT2D eigenvalue weighted by molar-refractivity contribution is -0.122. The number of hydrogen-bond donors (Lipinski definition) is 5. The van der Waals surface area contributed by atoms with E-state index in [2.05, 4.69) is 26.6 Å². The molecule has 0 rings (SSSR count). The van der Waals surface area contributed by atoms with Crippen molar-refractivity contribution in [3.8, 4) is 0 Å². The van der Waals surface area contributed by atoms with Crippen molar-refractivity contribution >= 4 is 30.0 Å². The number of carbonyl (C=O) groups excluding carboxylic acids is 5. The quantitative estimate of drug-likeness (QED) is 0.289. The Morgan fingerprint density at radius 2 is 1.36 bits per heavy atom. The van der Waals surface area contributed by atoms with Crippen LogP contribution in [0.1, 0.15) is 49.7 Å². The van der Waals surface area contributed by atoms with Crippen molar-refractivity contribution in [3.05, 3.63) is 0 Å². The monoisotopic (exact) mass is 365 g/mol. The molecular weight excluding hydrogens is 330 g/mol. The van der Waals surface area contributed by atoms with E-state index in [1.165, 1.54) is 6.92 Å². The first kappa shape index (κ1) is 22.4. The topological polar surface area (TPSA) is 146 Å². The molecule has 0 aromatic rings. The molecular formula is C15H31N5O5. The molecule has 0 aromatic heterocycles. The maximum Gasteiger partial charge on any atom is 0.221 e. The Hall–Kier alpha value is -2.65. The summed E-state index contributed by atoms with van der Waals surface area (Å²) in [5.41, 5.74) is 0.